The highest BCUT2D eigenvalue weighted by molar-refractivity contribution is 7.99. The molecule has 1 heterocycles. The van der Waals surface area contributed by atoms with Crippen molar-refractivity contribution < 1.29 is 14.5 Å². The number of anilines is 1. The number of benzene rings is 2. The first-order valence-corrected chi connectivity index (χ1v) is 10.2. The monoisotopic (exact) mass is 401 g/mol. The number of nitrogens with zero attached hydrogens (tertiary/aromatic N) is 2. The predicted molar refractivity (Wildman–Crippen MR) is 111 cm³/mol. The molecule has 1 fully saturated rings. The molecule has 8 heteroatoms. The highest BCUT2D eigenvalue weighted by Gasteiger charge is 2.15. The maximum Gasteiger partial charge on any atom is 0.276 e. The van der Waals surface area contributed by atoms with Crippen molar-refractivity contribution in [3.05, 3.63) is 63.7 Å². The van der Waals surface area contributed by atoms with Crippen molar-refractivity contribution in [1.29, 1.82) is 0 Å². The van der Waals surface area contributed by atoms with Crippen LogP contribution in [0, 0.1) is 17.0 Å². The smallest absolute Gasteiger partial charge is 0.276 e. The third kappa shape index (κ3) is 5.46. The van der Waals surface area contributed by atoms with Crippen molar-refractivity contribution in [1.82, 2.24) is 4.90 Å². The second-order valence-corrected chi connectivity index (χ2v) is 7.81. The SMILES string of the molecule is Cc1c(OCC(=O)Nc2cccc(CN3CCSCC3)c2)cccc1[N+](=O)[O-]. The number of hydrogen-bond donors (Lipinski definition) is 1. The molecule has 28 heavy (non-hydrogen) atoms. The highest BCUT2D eigenvalue weighted by atomic mass is 32.2. The Morgan fingerprint density at radius 2 is 2.00 bits per heavy atom. The third-order valence-corrected chi connectivity index (χ3v) is 5.47. The molecule has 1 aliphatic rings. The van der Waals surface area contributed by atoms with Crippen LogP contribution in [-0.2, 0) is 11.3 Å². The molecule has 7 nitrogen and oxygen atoms in total. The lowest BCUT2D eigenvalue weighted by molar-refractivity contribution is -0.385. The van der Waals surface area contributed by atoms with E-state index in [2.05, 4.69) is 16.3 Å². The second kappa shape index (κ2) is 9.57. The second-order valence-electron chi connectivity index (χ2n) is 6.58. The fourth-order valence-electron chi connectivity index (χ4n) is 3.06. The van der Waals surface area contributed by atoms with E-state index in [0.29, 0.717) is 17.0 Å². The zero-order valence-corrected chi connectivity index (χ0v) is 16.5. The van der Waals surface area contributed by atoms with E-state index in [4.69, 9.17) is 4.74 Å². The molecule has 2 aromatic rings. The summed E-state index contributed by atoms with van der Waals surface area (Å²) in [5, 5.41) is 13.8. The molecule has 0 bridgehead atoms. The molecule has 148 valence electrons. The first-order valence-electron chi connectivity index (χ1n) is 9.08. The summed E-state index contributed by atoms with van der Waals surface area (Å²) in [5.74, 6) is 2.34. The summed E-state index contributed by atoms with van der Waals surface area (Å²) in [6.07, 6.45) is 0. The van der Waals surface area contributed by atoms with E-state index < -0.39 is 4.92 Å². The van der Waals surface area contributed by atoms with Gasteiger partial charge in [-0.3, -0.25) is 19.8 Å². The number of ether oxygens (including phenoxy) is 1. The average Bonchev–Trinajstić information content (AvgIpc) is 2.68. The molecule has 3 rings (SSSR count). The van der Waals surface area contributed by atoms with Crippen LogP contribution in [0.1, 0.15) is 11.1 Å². The number of carbonyl (C=O) groups excluding carboxylic acids is 1. The standard InChI is InChI=1S/C20H23N3O4S/c1-15-18(23(25)26)6-3-7-19(15)27-14-20(24)21-17-5-2-4-16(12-17)13-22-8-10-28-11-9-22/h2-7,12H,8-11,13-14H2,1H3,(H,21,24). The first-order chi connectivity index (χ1) is 13.5. The van der Waals surface area contributed by atoms with Gasteiger partial charge in [-0.05, 0) is 30.7 Å². The van der Waals surface area contributed by atoms with Gasteiger partial charge in [0.15, 0.2) is 6.61 Å². The number of carbonyl (C=O) groups is 1. The lowest BCUT2D eigenvalue weighted by Crippen LogP contribution is -2.32. The van der Waals surface area contributed by atoms with E-state index in [1.165, 1.54) is 6.07 Å². The third-order valence-electron chi connectivity index (χ3n) is 4.53. The van der Waals surface area contributed by atoms with Gasteiger partial charge in [-0.2, -0.15) is 11.8 Å². The van der Waals surface area contributed by atoms with Gasteiger partial charge in [0.2, 0.25) is 0 Å². The van der Waals surface area contributed by atoms with Crippen molar-refractivity contribution >= 4 is 29.0 Å². The fourth-order valence-corrected chi connectivity index (χ4v) is 4.04. The van der Waals surface area contributed by atoms with E-state index in [9.17, 15) is 14.9 Å². The number of nitro benzene ring substituents is 1. The maximum absolute atomic E-state index is 12.2. The summed E-state index contributed by atoms with van der Waals surface area (Å²) in [6, 6.07) is 12.4. The van der Waals surface area contributed by atoms with Gasteiger partial charge < -0.3 is 10.1 Å². The molecule has 1 saturated heterocycles. The van der Waals surface area contributed by atoms with Crippen LogP contribution in [0.15, 0.2) is 42.5 Å². The number of hydrogen-bond acceptors (Lipinski definition) is 6. The van der Waals surface area contributed by atoms with Crippen LogP contribution in [-0.4, -0.2) is 46.9 Å². The van der Waals surface area contributed by atoms with Gasteiger partial charge in [0, 0.05) is 42.9 Å². The maximum atomic E-state index is 12.2. The predicted octanol–water partition coefficient (Wildman–Crippen LogP) is 3.47. The zero-order chi connectivity index (χ0) is 19.9. The molecule has 0 unspecified atom stereocenters. The van der Waals surface area contributed by atoms with E-state index >= 15 is 0 Å². The number of nitrogens with one attached hydrogen (secondary N) is 1. The first kappa shape index (κ1) is 20.2. The van der Waals surface area contributed by atoms with Crippen molar-refractivity contribution in [3.8, 4) is 5.75 Å². The summed E-state index contributed by atoms with van der Waals surface area (Å²) in [5.41, 5.74) is 2.25. The lowest BCUT2D eigenvalue weighted by atomic mass is 10.2. The van der Waals surface area contributed by atoms with Gasteiger partial charge >= 0.3 is 0 Å². The average molecular weight is 401 g/mol. The number of rotatable bonds is 7. The molecular weight excluding hydrogens is 378 g/mol. The summed E-state index contributed by atoms with van der Waals surface area (Å²) in [4.78, 5) is 25.2. The molecule has 0 aliphatic carbocycles. The number of nitro groups is 1. The van der Waals surface area contributed by atoms with E-state index in [0.717, 1.165) is 36.7 Å². The summed E-state index contributed by atoms with van der Waals surface area (Å²) in [6.45, 7) is 4.42. The molecule has 1 N–H and O–H groups in total. The molecule has 2 aromatic carbocycles. The van der Waals surface area contributed by atoms with E-state index in [1.54, 1.807) is 19.1 Å². The van der Waals surface area contributed by atoms with Crippen LogP contribution in [0.2, 0.25) is 0 Å². The minimum Gasteiger partial charge on any atom is -0.483 e. The Hall–Kier alpha value is -2.58. The zero-order valence-electron chi connectivity index (χ0n) is 15.7. The molecule has 0 radical (unpaired) electrons. The van der Waals surface area contributed by atoms with Gasteiger partial charge in [-0.15, -0.1) is 0 Å². The van der Waals surface area contributed by atoms with Crippen molar-refractivity contribution in [2.75, 3.05) is 36.5 Å². The van der Waals surface area contributed by atoms with Gasteiger partial charge in [0.05, 0.1) is 10.5 Å². The molecule has 1 aliphatic heterocycles. The molecule has 0 atom stereocenters. The summed E-state index contributed by atoms with van der Waals surface area (Å²) >= 11 is 1.98. The molecule has 0 saturated carbocycles. The minimum absolute atomic E-state index is 0.0262. The van der Waals surface area contributed by atoms with Gasteiger partial charge in [-0.25, -0.2) is 0 Å². The Morgan fingerprint density at radius 3 is 2.75 bits per heavy atom. The van der Waals surface area contributed by atoms with Crippen LogP contribution in [0.25, 0.3) is 0 Å². The van der Waals surface area contributed by atoms with Gasteiger partial charge in [-0.1, -0.05) is 18.2 Å². The fraction of sp³-hybridized carbons (Fsp3) is 0.350. The molecule has 0 aromatic heterocycles. The van der Waals surface area contributed by atoms with Crippen molar-refractivity contribution in [2.45, 2.75) is 13.5 Å². The van der Waals surface area contributed by atoms with Crippen LogP contribution < -0.4 is 10.1 Å². The van der Waals surface area contributed by atoms with Gasteiger partial charge in [0.1, 0.15) is 5.75 Å². The largest absolute Gasteiger partial charge is 0.483 e. The molecule has 1 amide bonds. The van der Waals surface area contributed by atoms with Crippen molar-refractivity contribution in [3.63, 3.8) is 0 Å². The van der Waals surface area contributed by atoms with Crippen molar-refractivity contribution in [2.24, 2.45) is 0 Å². The molecular formula is C20H23N3O4S. The van der Waals surface area contributed by atoms with E-state index in [-0.39, 0.29) is 18.2 Å². The summed E-state index contributed by atoms with van der Waals surface area (Å²) < 4.78 is 5.49. The Bertz CT molecular complexity index is 853. The normalized spacial score (nSPS) is 14.5. The van der Waals surface area contributed by atoms with Gasteiger partial charge in [0.25, 0.3) is 11.6 Å². The van der Waals surface area contributed by atoms with Crippen LogP contribution in [0.5, 0.6) is 5.75 Å². The van der Waals surface area contributed by atoms with Crippen LogP contribution in [0.4, 0.5) is 11.4 Å². The Labute approximate surface area is 168 Å². The number of amides is 1. The lowest BCUT2D eigenvalue weighted by Gasteiger charge is -2.26. The Balaban J connectivity index is 1.56. The van der Waals surface area contributed by atoms with Crippen LogP contribution >= 0.6 is 11.8 Å². The highest BCUT2D eigenvalue weighted by Crippen LogP contribution is 2.27. The van der Waals surface area contributed by atoms with E-state index in [1.807, 2.05) is 30.0 Å². The molecule has 0 spiro atoms. The minimum atomic E-state index is -0.464. The number of thioether (sulfide) groups is 1. The quantitative estimate of drug-likeness (QED) is 0.565. The van der Waals surface area contributed by atoms with Crippen LogP contribution in [0.3, 0.4) is 0 Å². The Kier molecular flexibility index (Phi) is 6.89. The summed E-state index contributed by atoms with van der Waals surface area (Å²) in [7, 11) is 0. The topological polar surface area (TPSA) is 84.7 Å². The Morgan fingerprint density at radius 1 is 1.25 bits per heavy atom.